The number of carbonyl (C=O) groups is 1. The molecule has 4 rings (SSSR count). The summed E-state index contributed by atoms with van der Waals surface area (Å²) < 4.78 is 5.38. The molecule has 2 aliphatic rings. The van der Waals surface area contributed by atoms with Gasteiger partial charge >= 0.3 is 0 Å². The Morgan fingerprint density at radius 3 is 2.55 bits per heavy atom. The molecule has 0 radical (unpaired) electrons. The van der Waals surface area contributed by atoms with Crippen LogP contribution >= 0.6 is 0 Å². The van der Waals surface area contributed by atoms with Crippen LogP contribution in [0, 0.1) is 0 Å². The van der Waals surface area contributed by atoms with Crippen molar-refractivity contribution in [3.63, 3.8) is 0 Å². The van der Waals surface area contributed by atoms with E-state index < -0.39 is 0 Å². The fourth-order valence-corrected chi connectivity index (χ4v) is 4.49. The Kier molecular flexibility index (Phi) is 7.70. The van der Waals surface area contributed by atoms with E-state index in [0.29, 0.717) is 19.5 Å². The van der Waals surface area contributed by atoms with Crippen molar-refractivity contribution >= 4 is 17.6 Å². The molecule has 0 bridgehead atoms. The van der Waals surface area contributed by atoms with Gasteiger partial charge in [0, 0.05) is 64.0 Å². The van der Waals surface area contributed by atoms with Crippen molar-refractivity contribution in [3.8, 4) is 5.75 Å². The van der Waals surface area contributed by atoms with Crippen molar-refractivity contribution in [1.29, 1.82) is 0 Å². The molecule has 0 unspecified atom stereocenters. The number of anilines is 1. The number of rotatable bonds is 7. The summed E-state index contributed by atoms with van der Waals surface area (Å²) in [5.41, 5.74) is 3.55. The number of carbonyl (C=O) groups excluding carboxylic acids is 1. The summed E-state index contributed by atoms with van der Waals surface area (Å²) in [5, 5.41) is 3.46. The van der Waals surface area contributed by atoms with Gasteiger partial charge in [0.1, 0.15) is 5.75 Å². The fourth-order valence-electron chi connectivity index (χ4n) is 4.49. The van der Waals surface area contributed by atoms with Gasteiger partial charge in [-0.15, -0.1) is 0 Å². The monoisotopic (exact) mass is 449 g/mol. The Bertz CT molecular complexity index is 969. The number of nitrogens with zero attached hydrogens (tertiary/aromatic N) is 4. The lowest BCUT2D eigenvalue weighted by Gasteiger charge is -2.37. The maximum atomic E-state index is 12.0. The van der Waals surface area contributed by atoms with Gasteiger partial charge in [-0.25, -0.2) is 4.99 Å². The summed E-state index contributed by atoms with van der Waals surface area (Å²) in [6.07, 6.45) is 1.65. The molecule has 0 atom stereocenters. The average molecular weight is 450 g/mol. The van der Waals surface area contributed by atoms with E-state index in [-0.39, 0.29) is 5.91 Å². The third kappa shape index (κ3) is 5.97. The molecule has 0 spiro atoms. The van der Waals surface area contributed by atoms with Crippen molar-refractivity contribution in [2.24, 2.45) is 4.99 Å². The summed E-state index contributed by atoms with van der Waals surface area (Å²) in [4.78, 5) is 23.6. The molecule has 1 amide bonds. The van der Waals surface area contributed by atoms with E-state index in [2.05, 4.69) is 58.4 Å². The highest BCUT2D eigenvalue weighted by Gasteiger charge is 2.21. The molecule has 0 aromatic heterocycles. The lowest BCUT2D eigenvalue weighted by molar-refractivity contribution is -0.128. The Labute approximate surface area is 197 Å². The second-order valence-corrected chi connectivity index (χ2v) is 8.58. The number of aliphatic imine (C=N–C) groups is 1. The van der Waals surface area contributed by atoms with Gasteiger partial charge in [0.05, 0.1) is 13.7 Å². The molecule has 7 nitrogen and oxygen atoms in total. The highest BCUT2D eigenvalue weighted by Crippen LogP contribution is 2.22. The zero-order chi connectivity index (χ0) is 23.0. The van der Waals surface area contributed by atoms with Gasteiger partial charge in [-0.2, -0.15) is 0 Å². The van der Waals surface area contributed by atoms with Crippen LogP contribution in [0.4, 0.5) is 5.69 Å². The minimum atomic E-state index is 0.265. The molecule has 2 fully saturated rings. The van der Waals surface area contributed by atoms with Crippen LogP contribution in [0.1, 0.15) is 30.9 Å². The van der Waals surface area contributed by atoms with E-state index in [1.807, 2.05) is 17.0 Å². The molecular weight excluding hydrogens is 414 g/mol. The van der Waals surface area contributed by atoms with Crippen molar-refractivity contribution in [1.82, 2.24) is 15.1 Å². The fraction of sp³-hybridized carbons (Fsp3) is 0.462. The Hall–Kier alpha value is -3.22. The predicted octanol–water partition coefficient (Wildman–Crippen LogP) is 3.11. The van der Waals surface area contributed by atoms with Gasteiger partial charge in [0.15, 0.2) is 5.96 Å². The average Bonchev–Trinajstić information content (AvgIpc) is 3.26. The van der Waals surface area contributed by atoms with Crippen LogP contribution in [0.3, 0.4) is 0 Å². The molecular formula is C26H35N5O2. The SMILES string of the molecule is CCNC(=NCc1cccc(CN2CCCC2=O)c1)N1CCN(c2cccc(OC)c2)CC1. The second-order valence-electron chi connectivity index (χ2n) is 8.58. The normalized spacial score (nSPS) is 17.0. The Morgan fingerprint density at radius 1 is 1.03 bits per heavy atom. The smallest absolute Gasteiger partial charge is 0.222 e. The molecule has 2 saturated heterocycles. The number of benzene rings is 2. The first-order valence-corrected chi connectivity index (χ1v) is 11.9. The Balaban J connectivity index is 1.37. The van der Waals surface area contributed by atoms with Crippen LogP contribution in [0.5, 0.6) is 5.75 Å². The van der Waals surface area contributed by atoms with E-state index >= 15 is 0 Å². The van der Waals surface area contributed by atoms with Crippen molar-refractivity contribution in [2.45, 2.75) is 32.9 Å². The third-order valence-corrected chi connectivity index (χ3v) is 6.28. The molecule has 2 aromatic rings. The van der Waals surface area contributed by atoms with E-state index in [0.717, 1.165) is 57.4 Å². The topological polar surface area (TPSA) is 60.4 Å². The first kappa shape index (κ1) is 23.0. The Morgan fingerprint density at radius 2 is 1.82 bits per heavy atom. The summed E-state index contributed by atoms with van der Waals surface area (Å²) in [6, 6.07) is 16.7. The molecule has 176 valence electrons. The van der Waals surface area contributed by atoms with E-state index in [9.17, 15) is 4.79 Å². The maximum Gasteiger partial charge on any atom is 0.222 e. The maximum absolute atomic E-state index is 12.0. The van der Waals surface area contributed by atoms with Crippen LogP contribution in [0.25, 0.3) is 0 Å². The zero-order valence-electron chi connectivity index (χ0n) is 19.8. The molecule has 0 saturated carbocycles. The third-order valence-electron chi connectivity index (χ3n) is 6.28. The van der Waals surface area contributed by atoms with Crippen molar-refractivity contribution in [2.75, 3.05) is 51.3 Å². The number of guanidine groups is 1. The minimum Gasteiger partial charge on any atom is -0.497 e. The standard InChI is InChI=1S/C26H35N5O2/c1-3-27-26(30-15-13-29(14-16-30)23-9-5-10-24(18-23)33-2)28-19-21-7-4-8-22(17-21)20-31-12-6-11-25(31)32/h4-5,7-10,17-18H,3,6,11-16,19-20H2,1-2H3,(H,27,28). The van der Waals surface area contributed by atoms with Gasteiger partial charge in [-0.05, 0) is 36.6 Å². The summed E-state index contributed by atoms with van der Waals surface area (Å²) >= 11 is 0. The second kappa shape index (κ2) is 11.1. The summed E-state index contributed by atoms with van der Waals surface area (Å²) in [6.45, 7) is 8.85. The van der Waals surface area contributed by atoms with Crippen LogP contribution in [-0.4, -0.2) is 68.0 Å². The van der Waals surface area contributed by atoms with Gasteiger partial charge in [-0.1, -0.05) is 30.3 Å². The number of methoxy groups -OCH3 is 1. The first-order valence-electron chi connectivity index (χ1n) is 11.9. The van der Waals surface area contributed by atoms with Gasteiger partial charge < -0.3 is 24.8 Å². The first-order chi connectivity index (χ1) is 16.2. The van der Waals surface area contributed by atoms with Gasteiger partial charge in [0.25, 0.3) is 0 Å². The number of piperazine rings is 1. The van der Waals surface area contributed by atoms with E-state index in [1.165, 1.54) is 16.8 Å². The molecule has 0 aliphatic carbocycles. The van der Waals surface area contributed by atoms with Gasteiger partial charge in [0.2, 0.25) is 5.91 Å². The van der Waals surface area contributed by atoms with Crippen LogP contribution < -0.4 is 15.0 Å². The highest BCUT2D eigenvalue weighted by atomic mass is 16.5. The number of likely N-dealkylation sites (tertiary alicyclic amines) is 1. The quantitative estimate of drug-likeness (QED) is 0.520. The molecule has 2 heterocycles. The lowest BCUT2D eigenvalue weighted by Crippen LogP contribution is -2.52. The number of amides is 1. The van der Waals surface area contributed by atoms with Crippen molar-refractivity contribution in [3.05, 3.63) is 59.7 Å². The molecule has 1 N–H and O–H groups in total. The van der Waals surface area contributed by atoms with E-state index in [4.69, 9.17) is 9.73 Å². The minimum absolute atomic E-state index is 0.265. The van der Waals surface area contributed by atoms with Crippen molar-refractivity contribution < 1.29 is 9.53 Å². The lowest BCUT2D eigenvalue weighted by atomic mass is 10.1. The zero-order valence-corrected chi connectivity index (χ0v) is 19.8. The van der Waals surface area contributed by atoms with Crippen LogP contribution in [0.15, 0.2) is 53.5 Å². The number of nitrogens with one attached hydrogen (secondary N) is 1. The molecule has 2 aliphatic heterocycles. The highest BCUT2D eigenvalue weighted by molar-refractivity contribution is 5.80. The van der Waals surface area contributed by atoms with E-state index in [1.54, 1.807) is 7.11 Å². The number of hydrogen-bond acceptors (Lipinski definition) is 4. The summed E-state index contributed by atoms with van der Waals surface area (Å²) in [7, 11) is 1.71. The van der Waals surface area contributed by atoms with Crippen LogP contribution in [-0.2, 0) is 17.9 Å². The number of ether oxygens (including phenoxy) is 1. The van der Waals surface area contributed by atoms with Crippen LogP contribution in [0.2, 0.25) is 0 Å². The molecule has 33 heavy (non-hydrogen) atoms. The predicted molar refractivity (Wildman–Crippen MR) is 133 cm³/mol. The number of hydrogen-bond donors (Lipinski definition) is 1. The van der Waals surface area contributed by atoms with Gasteiger partial charge in [-0.3, -0.25) is 4.79 Å². The largest absolute Gasteiger partial charge is 0.497 e. The molecule has 7 heteroatoms. The molecule has 2 aromatic carbocycles. The summed E-state index contributed by atoms with van der Waals surface area (Å²) in [5.74, 6) is 2.12.